The van der Waals surface area contributed by atoms with Gasteiger partial charge in [0.2, 0.25) is 0 Å². The molecule has 0 radical (unpaired) electrons. The van der Waals surface area contributed by atoms with Crippen LogP contribution in [-0.4, -0.2) is 47.5 Å². The Bertz CT molecular complexity index is 478. The molecule has 2 rings (SSSR count). The number of aromatic hydroxyl groups is 1. The smallest absolute Gasteiger partial charge is 0.410 e. The molecule has 1 aliphatic heterocycles. The number of carbonyl (C=O) groups excluding carboxylic acids is 1. The monoisotopic (exact) mass is 293 g/mol. The van der Waals surface area contributed by atoms with Crippen LogP contribution < -0.4 is 0 Å². The Morgan fingerprint density at radius 3 is 2.67 bits per heavy atom. The van der Waals surface area contributed by atoms with E-state index in [0.29, 0.717) is 26.1 Å². The van der Waals surface area contributed by atoms with Crippen LogP contribution in [0.15, 0.2) is 24.3 Å². The van der Waals surface area contributed by atoms with Gasteiger partial charge in [-0.05, 0) is 38.5 Å². The van der Waals surface area contributed by atoms with E-state index in [1.807, 2.05) is 32.9 Å². The van der Waals surface area contributed by atoms with Gasteiger partial charge in [0, 0.05) is 13.0 Å². The van der Waals surface area contributed by atoms with E-state index < -0.39 is 5.60 Å². The highest BCUT2D eigenvalue weighted by Gasteiger charge is 2.28. The summed E-state index contributed by atoms with van der Waals surface area (Å²) in [6.07, 6.45) is 0.372. The van der Waals surface area contributed by atoms with Crippen LogP contribution in [0.4, 0.5) is 4.79 Å². The first-order valence-corrected chi connectivity index (χ1v) is 7.21. The van der Waals surface area contributed by atoms with Crippen molar-refractivity contribution in [2.75, 3.05) is 19.7 Å². The van der Waals surface area contributed by atoms with Crippen molar-refractivity contribution in [1.82, 2.24) is 4.90 Å². The highest BCUT2D eigenvalue weighted by atomic mass is 16.6. The van der Waals surface area contributed by atoms with E-state index in [4.69, 9.17) is 9.47 Å². The Morgan fingerprint density at radius 2 is 2.05 bits per heavy atom. The lowest BCUT2D eigenvalue weighted by Gasteiger charge is -2.34. The fraction of sp³-hybridized carbons (Fsp3) is 0.562. The Hall–Kier alpha value is -1.75. The molecule has 5 heteroatoms. The number of benzene rings is 1. The Balaban J connectivity index is 1.91. The molecule has 1 saturated heterocycles. The standard InChI is InChI=1S/C16H23NO4/c1-16(2,3)21-15(19)17-8-9-20-14(11-17)10-12-4-6-13(18)7-5-12/h4-7,14,18H,8-11H2,1-3H3/t14-/m0/s1. The second kappa shape index (κ2) is 6.35. The molecule has 0 bridgehead atoms. The van der Waals surface area contributed by atoms with Gasteiger partial charge < -0.3 is 19.5 Å². The van der Waals surface area contributed by atoms with Crippen molar-refractivity contribution in [3.63, 3.8) is 0 Å². The summed E-state index contributed by atoms with van der Waals surface area (Å²) in [5.41, 5.74) is 0.589. The topological polar surface area (TPSA) is 59.0 Å². The molecule has 1 amide bonds. The number of phenols is 1. The van der Waals surface area contributed by atoms with Crippen LogP contribution in [0.25, 0.3) is 0 Å². The third-order valence-electron chi connectivity index (χ3n) is 3.19. The van der Waals surface area contributed by atoms with Crippen LogP contribution in [-0.2, 0) is 15.9 Å². The van der Waals surface area contributed by atoms with Crippen molar-refractivity contribution in [3.8, 4) is 5.75 Å². The molecule has 0 saturated carbocycles. The minimum atomic E-state index is -0.484. The van der Waals surface area contributed by atoms with Crippen molar-refractivity contribution in [2.24, 2.45) is 0 Å². The Labute approximate surface area is 125 Å². The van der Waals surface area contributed by atoms with E-state index in [1.54, 1.807) is 17.0 Å². The molecule has 1 aromatic carbocycles. The van der Waals surface area contributed by atoms with Gasteiger partial charge in [-0.25, -0.2) is 4.79 Å². The number of morpholine rings is 1. The fourth-order valence-electron chi connectivity index (χ4n) is 2.23. The van der Waals surface area contributed by atoms with Gasteiger partial charge in [-0.2, -0.15) is 0 Å². The largest absolute Gasteiger partial charge is 0.508 e. The SMILES string of the molecule is CC(C)(C)OC(=O)N1CCO[C@@H](Cc2ccc(O)cc2)C1. The van der Waals surface area contributed by atoms with Crippen LogP contribution in [0.3, 0.4) is 0 Å². The summed E-state index contributed by atoms with van der Waals surface area (Å²) < 4.78 is 11.1. The quantitative estimate of drug-likeness (QED) is 0.910. The fourth-order valence-corrected chi connectivity index (χ4v) is 2.23. The third-order valence-corrected chi connectivity index (χ3v) is 3.19. The van der Waals surface area contributed by atoms with Gasteiger partial charge in [-0.3, -0.25) is 0 Å². The Morgan fingerprint density at radius 1 is 1.38 bits per heavy atom. The molecule has 0 unspecified atom stereocenters. The number of hydrogen-bond donors (Lipinski definition) is 1. The van der Waals surface area contributed by atoms with Crippen LogP contribution in [0, 0.1) is 0 Å². The zero-order chi connectivity index (χ0) is 15.5. The second-order valence-electron chi connectivity index (χ2n) is 6.29. The lowest BCUT2D eigenvalue weighted by atomic mass is 10.1. The molecule has 5 nitrogen and oxygen atoms in total. The number of nitrogens with zero attached hydrogens (tertiary/aromatic N) is 1. The van der Waals surface area contributed by atoms with Crippen molar-refractivity contribution >= 4 is 6.09 Å². The first kappa shape index (κ1) is 15.6. The molecule has 1 N–H and O–H groups in total. The minimum Gasteiger partial charge on any atom is -0.508 e. The number of phenolic OH excluding ortho intramolecular Hbond substituents is 1. The maximum atomic E-state index is 12.1. The summed E-state index contributed by atoms with van der Waals surface area (Å²) in [7, 11) is 0. The maximum Gasteiger partial charge on any atom is 0.410 e. The van der Waals surface area contributed by atoms with E-state index >= 15 is 0 Å². The highest BCUT2D eigenvalue weighted by Crippen LogP contribution is 2.17. The van der Waals surface area contributed by atoms with Crippen molar-refractivity contribution in [3.05, 3.63) is 29.8 Å². The van der Waals surface area contributed by atoms with Crippen molar-refractivity contribution < 1.29 is 19.4 Å². The average Bonchev–Trinajstić information content (AvgIpc) is 2.40. The van der Waals surface area contributed by atoms with E-state index in [1.165, 1.54) is 0 Å². The van der Waals surface area contributed by atoms with Crippen LogP contribution in [0.5, 0.6) is 5.75 Å². The number of rotatable bonds is 2. The predicted molar refractivity (Wildman–Crippen MR) is 79.4 cm³/mol. The second-order valence-corrected chi connectivity index (χ2v) is 6.29. The van der Waals surface area contributed by atoms with E-state index in [0.717, 1.165) is 5.56 Å². The van der Waals surface area contributed by atoms with E-state index in [9.17, 15) is 9.90 Å². The minimum absolute atomic E-state index is 0.0455. The summed E-state index contributed by atoms with van der Waals surface area (Å²) >= 11 is 0. The van der Waals surface area contributed by atoms with Gasteiger partial charge >= 0.3 is 6.09 Å². The lowest BCUT2D eigenvalue weighted by molar-refractivity contribution is -0.0415. The summed E-state index contributed by atoms with van der Waals surface area (Å²) in [6.45, 7) is 7.18. The summed E-state index contributed by atoms with van der Waals surface area (Å²) in [4.78, 5) is 13.8. The maximum absolute atomic E-state index is 12.1. The van der Waals surface area contributed by atoms with Gasteiger partial charge in [-0.1, -0.05) is 12.1 Å². The molecule has 0 spiro atoms. The molecule has 21 heavy (non-hydrogen) atoms. The normalized spacial score (nSPS) is 19.4. The van der Waals surface area contributed by atoms with Gasteiger partial charge in [0.25, 0.3) is 0 Å². The highest BCUT2D eigenvalue weighted by molar-refractivity contribution is 5.68. The molecule has 1 fully saturated rings. The van der Waals surface area contributed by atoms with E-state index in [2.05, 4.69) is 0 Å². The van der Waals surface area contributed by atoms with Crippen molar-refractivity contribution in [1.29, 1.82) is 0 Å². The molecule has 0 aliphatic carbocycles. The summed E-state index contributed by atoms with van der Waals surface area (Å²) in [5.74, 6) is 0.249. The molecular formula is C16H23NO4. The molecule has 1 aliphatic rings. The average molecular weight is 293 g/mol. The predicted octanol–water partition coefficient (Wildman–Crippen LogP) is 2.57. The van der Waals surface area contributed by atoms with Crippen LogP contribution >= 0.6 is 0 Å². The molecule has 0 aromatic heterocycles. The molecule has 1 heterocycles. The van der Waals surface area contributed by atoms with Crippen LogP contribution in [0.1, 0.15) is 26.3 Å². The molecule has 116 valence electrons. The number of amides is 1. The van der Waals surface area contributed by atoms with Gasteiger partial charge in [-0.15, -0.1) is 0 Å². The van der Waals surface area contributed by atoms with Gasteiger partial charge in [0.1, 0.15) is 11.4 Å². The van der Waals surface area contributed by atoms with Gasteiger partial charge in [0.05, 0.1) is 19.3 Å². The third kappa shape index (κ3) is 4.93. The first-order chi connectivity index (χ1) is 9.83. The lowest BCUT2D eigenvalue weighted by Crippen LogP contribution is -2.48. The summed E-state index contributed by atoms with van der Waals surface area (Å²) in [6, 6.07) is 7.05. The van der Waals surface area contributed by atoms with Crippen LogP contribution in [0.2, 0.25) is 0 Å². The molecule has 1 aromatic rings. The van der Waals surface area contributed by atoms with Crippen molar-refractivity contribution in [2.45, 2.75) is 38.9 Å². The van der Waals surface area contributed by atoms with Gasteiger partial charge in [0.15, 0.2) is 0 Å². The Kier molecular flexibility index (Phi) is 4.73. The molecule has 1 atom stereocenters. The van der Waals surface area contributed by atoms with E-state index in [-0.39, 0.29) is 17.9 Å². The summed E-state index contributed by atoms with van der Waals surface area (Å²) in [5, 5.41) is 9.28. The zero-order valence-electron chi connectivity index (χ0n) is 12.8. The number of hydrogen-bond acceptors (Lipinski definition) is 4. The first-order valence-electron chi connectivity index (χ1n) is 7.21. The molecular weight excluding hydrogens is 270 g/mol. The number of ether oxygens (including phenoxy) is 2. The zero-order valence-corrected chi connectivity index (χ0v) is 12.8. The number of carbonyl (C=O) groups is 1.